The zero-order valence-corrected chi connectivity index (χ0v) is 11.6. The SMILES string of the molecule is NC(=O)Cc1c[nH]c2ncc(-c3ccc4c(c3)OCO4)cc12. The second kappa shape index (κ2) is 4.77. The topological polar surface area (TPSA) is 90.2 Å². The molecule has 1 aromatic carbocycles. The first-order valence-electron chi connectivity index (χ1n) is 6.85. The minimum Gasteiger partial charge on any atom is -0.454 e. The number of nitrogens with two attached hydrogens (primary N) is 1. The summed E-state index contributed by atoms with van der Waals surface area (Å²) in [6, 6.07) is 7.75. The third-order valence-electron chi connectivity index (χ3n) is 3.69. The van der Waals surface area contributed by atoms with Gasteiger partial charge in [0.2, 0.25) is 12.7 Å². The number of hydrogen-bond donors (Lipinski definition) is 2. The van der Waals surface area contributed by atoms with Crippen LogP contribution in [0.4, 0.5) is 0 Å². The average Bonchev–Trinajstić information content (AvgIpc) is 3.12. The molecular weight excluding hydrogens is 282 g/mol. The second-order valence-corrected chi connectivity index (χ2v) is 5.15. The molecular formula is C16H13N3O3. The highest BCUT2D eigenvalue weighted by atomic mass is 16.7. The van der Waals surface area contributed by atoms with Crippen LogP contribution in [0.5, 0.6) is 11.5 Å². The number of nitrogens with one attached hydrogen (secondary N) is 1. The minimum atomic E-state index is -0.366. The summed E-state index contributed by atoms with van der Waals surface area (Å²) in [6.45, 7) is 0.247. The van der Waals surface area contributed by atoms with Gasteiger partial charge in [0.15, 0.2) is 11.5 Å². The van der Waals surface area contributed by atoms with E-state index >= 15 is 0 Å². The van der Waals surface area contributed by atoms with E-state index < -0.39 is 0 Å². The van der Waals surface area contributed by atoms with E-state index in [0.717, 1.165) is 39.2 Å². The van der Waals surface area contributed by atoms with Crippen molar-refractivity contribution in [2.24, 2.45) is 5.73 Å². The van der Waals surface area contributed by atoms with E-state index in [9.17, 15) is 4.79 Å². The molecule has 1 aliphatic heterocycles. The Hall–Kier alpha value is -3.02. The van der Waals surface area contributed by atoms with Crippen molar-refractivity contribution >= 4 is 16.9 Å². The zero-order valence-electron chi connectivity index (χ0n) is 11.6. The molecule has 1 amide bonds. The lowest BCUT2D eigenvalue weighted by molar-refractivity contribution is -0.117. The monoisotopic (exact) mass is 295 g/mol. The fraction of sp³-hybridized carbons (Fsp3) is 0.125. The van der Waals surface area contributed by atoms with Crippen molar-refractivity contribution in [2.45, 2.75) is 6.42 Å². The standard InChI is InChI=1S/C16H13N3O3/c17-15(20)5-11-7-19-16-12(11)3-10(6-18-16)9-1-2-13-14(4-9)22-8-21-13/h1-4,6-7H,5,8H2,(H2,17,20)(H,18,19). The summed E-state index contributed by atoms with van der Waals surface area (Å²) in [4.78, 5) is 18.6. The third-order valence-corrected chi connectivity index (χ3v) is 3.69. The van der Waals surface area contributed by atoms with Gasteiger partial charge < -0.3 is 20.2 Å². The molecule has 0 atom stereocenters. The van der Waals surface area contributed by atoms with Crippen molar-refractivity contribution in [1.82, 2.24) is 9.97 Å². The van der Waals surface area contributed by atoms with E-state index in [-0.39, 0.29) is 19.1 Å². The lowest BCUT2D eigenvalue weighted by atomic mass is 10.0. The normalized spacial score (nSPS) is 12.7. The van der Waals surface area contributed by atoms with Gasteiger partial charge in [-0.1, -0.05) is 6.07 Å². The summed E-state index contributed by atoms with van der Waals surface area (Å²) in [7, 11) is 0. The molecule has 0 bridgehead atoms. The molecule has 6 heteroatoms. The van der Waals surface area contributed by atoms with Gasteiger partial charge in [0, 0.05) is 23.3 Å². The van der Waals surface area contributed by atoms with E-state index in [1.54, 1.807) is 12.4 Å². The van der Waals surface area contributed by atoms with Crippen molar-refractivity contribution in [3.05, 3.63) is 42.2 Å². The minimum absolute atomic E-state index is 0.187. The van der Waals surface area contributed by atoms with Gasteiger partial charge in [-0.3, -0.25) is 4.79 Å². The van der Waals surface area contributed by atoms with Crippen molar-refractivity contribution in [2.75, 3.05) is 6.79 Å². The van der Waals surface area contributed by atoms with Gasteiger partial charge in [0.05, 0.1) is 6.42 Å². The number of pyridine rings is 1. The summed E-state index contributed by atoms with van der Waals surface area (Å²) in [5, 5.41) is 0.897. The molecule has 0 saturated heterocycles. The third kappa shape index (κ3) is 2.05. The zero-order chi connectivity index (χ0) is 15.1. The fourth-order valence-corrected chi connectivity index (χ4v) is 2.63. The molecule has 22 heavy (non-hydrogen) atoms. The molecule has 0 unspecified atom stereocenters. The first-order valence-corrected chi connectivity index (χ1v) is 6.85. The number of aromatic nitrogens is 2. The Kier molecular flexibility index (Phi) is 2.75. The first kappa shape index (κ1) is 12.7. The molecule has 3 aromatic rings. The highest BCUT2D eigenvalue weighted by Gasteiger charge is 2.15. The van der Waals surface area contributed by atoms with E-state index in [1.807, 2.05) is 24.3 Å². The van der Waals surface area contributed by atoms with Crippen LogP contribution in [0.3, 0.4) is 0 Å². The van der Waals surface area contributed by atoms with Crippen LogP contribution in [-0.2, 0) is 11.2 Å². The van der Waals surface area contributed by atoms with Crippen molar-refractivity contribution in [3.8, 4) is 22.6 Å². The Morgan fingerprint density at radius 1 is 1.23 bits per heavy atom. The maximum absolute atomic E-state index is 11.2. The average molecular weight is 295 g/mol. The van der Waals surface area contributed by atoms with Gasteiger partial charge in [-0.15, -0.1) is 0 Å². The number of carbonyl (C=O) groups excluding carboxylic acids is 1. The number of aromatic amines is 1. The number of rotatable bonds is 3. The van der Waals surface area contributed by atoms with Crippen LogP contribution in [0, 0.1) is 0 Å². The van der Waals surface area contributed by atoms with Crippen LogP contribution in [0.2, 0.25) is 0 Å². The number of primary amides is 1. The molecule has 0 radical (unpaired) electrons. The van der Waals surface area contributed by atoms with Crippen LogP contribution < -0.4 is 15.2 Å². The predicted molar refractivity (Wildman–Crippen MR) is 80.6 cm³/mol. The molecule has 0 aliphatic carbocycles. The molecule has 3 N–H and O–H groups in total. The van der Waals surface area contributed by atoms with Crippen LogP contribution in [0.1, 0.15) is 5.56 Å². The summed E-state index contributed by atoms with van der Waals surface area (Å²) in [5.74, 6) is 1.10. The van der Waals surface area contributed by atoms with Gasteiger partial charge in [0.1, 0.15) is 5.65 Å². The molecule has 1 aliphatic rings. The Morgan fingerprint density at radius 3 is 2.95 bits per heavy atom. The van der Waals surface area contributed by atoms with Crippen molar-refractivity contribution in [1.29, 1.82) is 0 Å². The summed E-state index contributed by atoms with van der Waals surface area (Å²) in [5.41, 5.74) is 8.78. The number of ether oxygens (including phenoxy) is 2. The molecule has 0 spiro atoms. The van der Waals surface area contributed by atoms with Crippen molar-refractivity contribution < 1.29 is 14.3 Å². The Labute approximate surface area is 125 Å². The number of benzene rings is 1. The molecule has 6 nitrogen and oxygen atoms in total. The Bertz CT molecular complexity index is 885. The van der Waals surface area contributed by atoms with Gasteiger partial charge in [-0.05, 0) is 29.3 Å². The first-order chi connectivity index (χ1) is 10.7. The molecule has 4 rings (SSSR count). The Balaban J connectivity index is 1.80. The predicted octanol–water partition coefficient (Wildman–Crippen LogP) is 1.99. The van der Waals surface area contributed by atoms with Crippen LogP contribution in [0.25, 0.3) is 22.2 Å². The quantitative estimate of drug-likeness (QED) is 0.773. The van der Waals surface area contributed by atoms with E-state index in [1.165, 1.54) is 0 Å². The second-order valence-electron chi connectivity index (χ2n) is 5.15. The highest BCUT2D eigenvalue weighted by Crippen LogP contribution is 2.36. The van der Waals surface area contributed by atoms with Gasteiger partial charge in [-0.2, -0.15) is 0 Å². The van der Waals surface area contributed by atoms with Gasteiger partial charge >= 0.3 is 0 Å². The molecule has 2 aromatic heterocycles. The molecule has 3 heterocycles. The van der Waals surface area contributed by atoms with Crippen LogP contribution >= 0.6 is 0 Å². The summed E-state index contributed by atoms with van der Waals surface area (Å²) < 4.78 is 10.7. The molecule has 0 fully saturated rings. The Morgan fingerprint density at radius 2 is 2.09 bits per heavy atom. The van der Waals surface area contributed by atoms with Crippen molar-refractivity contribution in [3.63, 3.8) is 0 Å². The van der Waals surface area contributed by atoms with E-state index in [2.05, 4.69) is 9.97 Å². The van der Waals surface area contributed by atoms with Crippen LogP contribution in [-0.4, -0.2) is 22.7 Å². The molecule has 110 valence electrons. The van der Waals surface area contributed by atoms with Gasteiger partial charge in [0.25, 0.3) is 0 Å². The lowest BCUT2D eigenvalue weighted by Gasteiger charge is -2.04. The highest BCUT2D eigenvalue weighted by molar-refractivity contribution is 5.89. The van der Waals surface area contributed by atoms with E-state index in [0.29, 0.717) is 0 Å². The fourth-order valence-electron chi connectivity index (χ4n) is 2.63. The largest absolute Gasteiger partial charge is 0.454 e. The van der Waals surface area contributed by atoms with Gasteiger partial charge in [-0.25, -0.2) is 4.98 Å². The van der Waals surface area contributed by atoms with Crippen LogP contribution in [0.15, 0.2) is 36.7 Å². The summed E-state index contributed by atoms with van der Waals surface area (Å²) >= 11 is 0. The number of amides is 1. The van der Waals surface area contributed by atoms with E-state index in [4.69, 9.17) is 15.2 Å². The number of H-pyrrole nitrogens is 1. The maximum atomic E-state index is 11.2. The molecule has 0 saturated carbocycles. The number of nitrogens with zero attached hydrogens (tertiary/aromatic N) is 1. The number of hydrogen-bond acceptors (Lipinski definition) is 4. The number of carbonyl (C=O) groups is 1. The number of fused-ring (bicyclic) bond motifs is 2. The maximum Gasteiger partial charge on any atom is 0.231 e. The lowest BCUT2D eigenvalue weighted by Crippen LogP contribution is -2.13. The smallest absolute Gasteiger partial charge is 0.231 e. The summed E-state index contributed by atoms with van der Waals surface area (Å²) in [6.07, 6.45) is 3.74.